The van der Waals surface area contributed by atoms with Gasteiger partial charge in [0.05, 0.1) is 17.9 Å². The van der Waals surface area contributed by atoms with Crippen molar-refractivity contribution in [2.75, 3.05) is 36.2 Å². The molecule has 3 aromatic rings. The third-order valence-electron chi connectivity index (χ3n) is 6.46. The molecule has 0 unspecified atom stereocenters. The topological polar surface area (TPSA) is 145 Å². The maximum atomic E-state index is 12.3. The number of pyridine rings is 1. The number of hydrogen-bond donors (Lipinski definition) is 3. The van der Waals surface area contributed by atoms with Crippen molar-refractivity contribution in [2.45, 2.75) is 44.8 Å². The van der Waals surface area contributed by atoms with Crippen LogP contribution in [-0.4, -0.2) is 68.2 Å². The van der Waals surface area contributed by atoms with Crippen LogP contribution in [0.15, 0.2) is 24.5 Å². The number of imidazole rings is 1. The minimum atomic E-state index is -0.364. The highest BCUT2D eigenvalue weighted by atomic mass is 16.3. The molecule has 2 aliphatic carbocycles. The van der Waals surface area contributed by atoms with Crippen molar-refractivity contribution >= 4 is 41.2 Å². The number of anilines is 3. The van der Waals surface area contributed by atoms with Gasteiger partial charge in [0.25, 0.3) is 0 Å². The van der Waals surface area contributed by atoms with E-state index in [4.69, 9.17) is 4.98 Å². The molecule has 12 heteroatoms. The summed E-state index contributed by atoms with van der Waals surface area (Å²) in [7, 11) is 3.30. The number of carbonyl (C=O) groups excluding carboxylic acids is 3. The summed E-state index contributed by atoms with van der Waals surface area (Å²) < 4.78 is 1.89. The van der Waals surface area contributed by atoms with E-state index in [1.54, 1.807) is 20.2 Å². The van der Waals surface area contributed by atoms with Crippen LogP contribution in [0.1, 0.15) is 48.7 Å². The molecule has 2 aliphatic rings. The molecular weight excluding hydrogens is 476 g/mol. The van der Waals surface area contributed by atoms with E-state index in [2.05, 4.69) is 20.6 Å². The third-order valence-corrected chi connectivity index (χ3v) is 6.46. The monoisotopic (exact) mass is 506 g/mol. The summed E-state index contributed by atoms with van der Waals surface area (Å²) in [6, 6.07) is 3.56. The fraction of sp³-hybridized carbons (Fsp3) is 0.440. The second-order valence-corrected chi connectivity index (χ2v) is 9.75. The van der Waals surface area contributed by atoms with Crippen LogP contribution in [0.4, 0.5) is 17.3 Å². The number of hydrogen-bond acceptors (Lipinski definition) is 8. The van der Waals surface area contributed by atoms with Crippen molar-refractivity contribution in [1.82, 2.24) is 24.3 Å². The highest BCUT2D eigenvalue weighted by molar-refractivity contribution is 5.93. The minimum Gasteiger partial charge on any atom is -0.388 e. The second-order valence-electron chi connectivity index (χ2n) is 9.75. The Morgan fingerprint density at radius 3 is 2.51 bits per heavy atom. The number of likely N-dealkylation sites (N-methyl/N-ethyl adjacent to an activating group) is 1. The lowest BCUT2D eigenvalue weighted by Crippen LogP contribution is -2.36. The summed E-state index contributed by atoms with van der Waals surface area (Å²) in [5.74, 6) is 1.14. The molecule has 0 saturated heterocycles. The molecule has 0 atom stereocenters. The van der Waals surface area contributed by atoms with Crippen molar-refractivity contribution in [3.05, 3.63) is 41.6 Å². The number of aliphatic hydroxyl groups is 1. The molecule has 0 aliphatic heterocycles. The summed E-state index contributed by atoms with van der Waals surface area (Å²) in [6.45, 7) is -0.146. The second kappa shape index (κ2) is 10.1. The van der Waals surface area contributed by atoms with Gasteiger partial charge in [0.15, 0.2) is 11.5 Å². The van der Waals surface area contributed by atoms with Gasteiger partial charge in [-0.3, -0.25) is 14.4 Å². The van der Waals surface area contributed by atoms with Crippen molar-refractivity contribution < 1.29 is 19.5 Å². The average molecular weight is 507 g/mol. The Balaban J connectivity index is 1.39. The summed E-state index contributed by atoms with van der Waals surface area (Å²) >= 11 is 0. The summed E-state index contributed by atoms with van der Waals surface area (Å²) in [5.41, 5.74) is 2.93. The van der Waals surface area contributed by atoms with Crippen molar-refractivity contribution in [2.24, 2.45) is 5.92 Å². The smallest absolute Gasteiger partial charge is 0.242 e. The Bertz CT molecular complexity index is 1350. The summed E-state index contributed by atoms with van der Waals surface area (Å²) in [6.07, 6.45) is 8.48. The van der Waals surface area contributed by atoms with Gasteiger partial charge in [-0.15, -0.1) is 0 Å². The zero-order valence-electron chi connectivity index (χ0n) is 20.8. The largest absolute Gasteiger partial charge is 0.388 e. The Morgan fingerprint density at radius 1 is 1.11 bits per heavy atom. The SMILES string of the molecule is CN(C)C(=O)CN(C=O)c1cc(C2CC2)cn2cc(CNc3cc(NC(=O)C4CC4)nc(CO)n3)nc12. The lowest BCUT2D eigenvalue weighted by molar-refractivity contribution is -0.128. The van der Waals surface area contributed by atoms with Crippen LogP contribution in [0.5, 0.6) is 0 Å². The van der Waals surface area contributed by atoms with Gasteiger partial charge in [0.2, 0.25) is 18.2 Å². The zero-order chi connectivity index (χ0) is 26.1. The van der Waals surface area contributed by atoms with Gasteiger partial charge in [-0.05, 0) is 43.2 Å². The molecule has 0 radical (unpaired) electrons. The predicted molar refractivity (Wildman–Crippen MR) is 136 cm³/mol. The fourth-order valence-corrected chi connectivity index (χ4v) is 4.03. The molecule has 3 amide bonds. The predicted octanol–water partition coefficient (Wildman–Crippen LogP) is 1.51. The van der Waals surface area contributed by atoms with E-state index in [-0.39, 0.29) is 36.7 Å². The standard InChI is InChI=1S/C25H30N8O4/c1-31(2)23(36)12-33(14-35)19-7-17(15-3-4-15)10-32-11-18(27-24(19)32)9-26-20-8-21(29-22(13-34)28-20)30-25(37)16-5-6-16/h7-8,10-11,14-16,34H,3-6,9,12-13H2,1-2H3,(H2,26,28,29,30,37). The van der Waals surface area contributed by atoms with Crippen molar-refractivity contribution in [3.8, 4) is 0 Å². The molecule has 5 rings (SSSR count). The first-order chi connectivity index (χ1) is 17.8. The first-order valence-electron chi connectivity index (χ1n) is 12.3. The molecule has 37 heavy (non-hydrogen) atoms. The van der Waals surface area contributed by atoms with Crippen molar-refractivity contribution in [1.29, 1.82) is 0 Å². The van der Waals surface area contributed by atoms with E-state index in [0.29, 0.717) is 47.5 Å². The summed E-state index contributed by atoms with van der Waals surface area (Å²) in [4.78, 5) is 52.5. The maximum Gasteiger partial charge on any atom is 0.242 e. The molecule has 194 valence electrons. The van der Waals surface area contributed by atoms with Gasteiger partial charge in [-0.2, -0.15) is 0 Å². The number of rotatable bonds is 11. The molecule has 0 spiro atoms. The highest BCUT2D eigenvalue weighted by Gasteiger charge is 2.30. The lowest BCUT2D eigenvalue weighted by Gasteiger charge is -2.20. The average Bonchev–Trinajstić information content (AvgIpc) is 3.81. The first-order valence-corrected chi connectivity index (χ1v) is 12.3. The number of aromatic nitrogens is 4. The molecule has 3 heterocycles. The van der Waals surface area contributed by atoms with Crippen molar-refractivity contribution in [3.63, 3.8) is 0 Å². The molecule has 2 saturated carbocycles. The van der Waals surface area contributed by atoms with E-state index in [0.717, 1.165) is 31.2 Å². The zero-order valence-corrected chi connectivity index (χ0v) is 20.8. The summed E-state index contributed by atoms with van der Waals surface area (Å²) in [5, 5.41) is 15.5. The van der Waals surface area contributed by atoms with Gasteiger partial charge >= 0.3 is 0 Å². The fourth-order valence-electron chi connectivity index (χ4n) is 4.03. The quantitative estimate of drug-likeness (QED) is 0.332. The Labute approximate surface area is 213 Å². The van der Waals surface area contributed by atoms with E-state index in [1.165, 1.54) is 9.80 Å². The van der Waals surface area contributed by atoms with Gasteiger partial charge in [-0.25, -0.2) is 15.0 Å². The first kappa shape index (κ1) is 24.6. The maximum absolute atomic E-state index is 12.3. The number of fused-ring (bicyclic) bond motifs is 1. The number of aliphatic hydroxyl groups excluding tert-OH is 1. The highest BCUT2D eigenvalue weighted by Crippen LogP contribution is 2.41. The number of nitrogens with one attached hydrogen (secondary N) is 2. The molecule has 3 N–H and O–H groups in total. The third kappa shape index (κ3) is 5.69. The van der Waals surface area contributed by atoms with Gasteiger partial charge in [0, 0.05) is 38.5 Å². The lowest BCUT2D eigenvalue weighted by atomic mass is 10.1. The van der Waals surface area contributed by atoms with Crippen LogP contribution in [-0.2, 0) is 27.5 Å². The van der Waals surface area contributed by atoms with E-state index >= 15 is 0 Å². The minimum absolute atomic E-state index is 0.0237. The Morgan fingerprint density at radius 2 is 1.86 bits per heavy atom. The van der Waals surface area contributed by atoms with E-state index in [9.17, 15) is 19.5 Å². The molecular formula is C25H30N8O4. The molecule has 12 nitrogen and oxygen atoms in total. The Hall–Kier alpha value is -4.06. The van der Waals surface area contributed by atoms with Crippen LogP contribution in [0.3, 0.4) is 0 Å². The van der Waals surface area contributed by atoms with Gasteiger partial charge in [-0.1, -0.05) is 0 Å². The van der Waals surface area contributed by atoms with Gasteiger partial charge in [0.1, 0.15) is 24.8 Å². The van der Waals surface area contributed by atoms with Crippen LogP contribution in [0.2, 0.25) is 0 Å². The van der Waals surface area contributed by atoms with Crippen LogP contribution < -0.4 is 15.5 Å². The number of amides is 3. The van der Waals surface area contributed by atoms with E-state index < -0.39 is 0 Å². The normalized spacial score (nSPS) is 14.9. The van der Waals surface area contributed by atoms with Crippen LogP contribution >= 0.6 is 0 Å². The molecule has 0 bridgehead atoms. The van der Waals surface area contributed by atoms with Crippen LogP contribution in [0, 0.1) is 5.92 Å². The molecule has 0 aromatic carbocycles. The number of nitrogens with zero attached hydrogens (tertiary/aromatic N) is 6. The molecule has 3 aromatic heterocycles. The van der Waals surface area contributed by atoms with Crippen LogP contribution in [0.25, 0.3) is 5.65 Å². The van der Waals surface area contributed by atoms with E-state index in [1.807, 2.05) is 22.9 Å². The van der Waals surface area contributed by atoms with Gasteiger partial charge < -0.3 is 29.9 Å². The Kier molecular flexibility index (Phi) is 6.74. The number of carbonyl (C=O) groups is 3. The molecule has 2 fully saturated rings.